The fourth-order valence-corrected chi connectivity index (χ4v) is 3.53. The van der Waals surface area contributed by atoms with E-state index in [9.17, 15) is 0 Å². The number of hydrogen-bond acceptors (Lipinski definition) is 0. The van der Waals surface area contributed by atoms with E-state index in [4.69, 9.17) is 0 Å². The molecular weight excluding hydrogens is 166 g/mol. The maximum Gasteiger partial charge on any atom is 0.0992 e. The smallest absolute Gasteiger partial charge is 0.0845 e. The molecule has 2 unspecified atom stereocenters. The Bertz CT molecular complexity index is 181. The molecule has 2 rings (SSSR count). The van der Waals surface area contributed by atoms with Gasteiger partial charge in [-0.15, -0.1) is 0 Å². The van der Waals surface area contributed by atoms with E-state index in [1.54, 1.807) is 0 Å². The van der Waals surface area contributed by atoms with Crippen molar-refractivity contribution in [2.24, 2.45) is 17.8 Å². The summed E-state index contributed by atoms with van der Waals surface area (Å²) in [6.45, 7) is 2.44. The molecule has 0 nitrogen and oxygen atoms in total. The van der Waals surface area contributed by atoms with Crippen molar-refractivity contribution in [3.63, 3.8) is 0 Å². The van der Waals surface area contributed by atoms with Crippen LogP contribution in [0.5, 0.6) is 0 Å². The van der Waals surface area contributed by atoms with Crippen LogP contribution in [0.25, 0.3) is 0 Å². The molecule has 2 atom stereocenters. The summed E-state index contributed by atoms with van der Waals surface area (Å²) in [4.78, 5) is 0. The number of fused-ring (bicyclic) bond motifs is 3. The Hall–Kier alpha value is 0.130. The van der Waals surface area contributed by atoms with Crippen molar-refractivity contribution in [2.45, 2.75) is 57.1 Å². The lowest BCUT2D eigenvalue weighted by molar-refractivity contribution is 0.280. The van der Waals surface area contributed by atoms with Crippen molar-refractivity contribution in [1.82, 2.24) is 0 Å². The maximum absolute atomic E-state index is 2.44. The van der Waals surface area contributed by atoms with E-state index in [1.165, 1.54) is 44.9 Å². The van der Waals surface area contributed by atoms with Crippen molar-refractivity contribution < 1.29 is 0 Å². The molecule has 0 amide bonds. The highest BCUT2D eigenvalue weighted by molar-refractivity contribution is 6.39. The van der Waals surface area contributed by atoms with Crippen LogP contribution in [0.15, 0.2) is 0 Å². The van der Waals surface area contributed by atoms with Gasteiger partial charge in [-0.1, -0.05) is 44.2 Å². The topological polar surface area (TPSA) is 0 Å². The first kappa shape index (κ1) is 10.6. The van der Waals surface area contributed by atoms with Crippen molar-refractivity contribution >= 4 is 15.7 Å². The molecule has 0 N–H and O–H groups in total. The van der Waals surface area contributed by atoms with Gasteiger partial charge in [0.2, 0.25) is 0 Å². The molecule has 0 saturated heterocycles. The van der Waals surface area contributed by atoms with E-state index in [-0.39, 0.29) is 0 Å². The molecule has 0 aromatic heterocycles. The van der Waals surface area contributed by atoms with Crippen LogP contribution in [0.4, 0.5) is 0 Å². The predicted molar refractivity (Wildman–Crippen MR) is 68.2 cm³/mol. The van der Waals surface area contributed by atoms with Crippen LogP contribution in [0.1, 0.15) is 51.9 Å². The summed E-state index contributed by atoms with van der Waals surface area (Å²) < 4.78 is 0. The van der Waals surface area contributed by atoms with Crippen LogP contribution in [0.2, 0.25) is 5.21 Å². The average Bonchev–Trinajstić information content (AvgIpc) is 2.32. The van der Waals surface area contributed by atoms with Gasteiger partial charge in [-0.05, 0) is 30.6 Å². The van der Waals surface area contributed by atoms with Crippen LogP contribution in [0.3, 0.4) is 0 Å². The second-order valence-electron chi connectivity index (χ2n) is 6.77. The highest BCUT2D eigenvalue weighted by atomic mass is 14.4. The summed E-state index contributed by atoms with van der Waals surface area (Å²) in [6, 6.07) is 0. The first-order valence-electron chi connectivity index (χ1n) is 6.55. The number of hydrogen-bond donors (Lipinski definition) is 0. The third-order valence-electron chi connectivity index (χ3n) is 4.67. The minimum Gasteiger partial charge on any atom is -0.0845 e. The summed E-state index contributed by atoms with van der Waals surface area (Å²) in [7, 11) is 4.89. The fourth-order valence-electron chi connectivity index (χ4n) is 3.53. The SMILES string of the molecule is BC(B)(C)C1CC2CCCC(CC2)C1. The largest absolute Gasteiger partial charge is 0.0992 e. The van der Waals surface area contributed by atoms with Crippen molar-refractivity contribution in [1.29, 1.82) is 0 Å². The van der Waals surface area contributed by atoms with E-state index in [1.807, 2.05) is 0 Å². The molecule has 0 spiro atoms. The fraction of sp³-hybridized carbons (Fsp3) is 1.00. The van der Waals surface area contributed by atoms with Gasteiger partial charge in [-0.3, -0.25) is 0 Å². The Morgan fingerprint density at radius 1 is 0.929 bits per heavy atom. The molecule has 0 aromatic carbocycles. The third-order valence-corrected chi connectivity index (χ3v) is 4.67. The molecule has 2 aliphatic carbocycles. The maximum atomic E-state index is 2.44. The molecule has 0 aliphatic heterocycles. The Morgan fingerprint density at radius 2 is 1.43 bits per heavy atom. The molecule has 0 heterocycles. The Balaban J connectivity index is 2.08. The van der Waals surface area contributed by atoms with Crippen molar-refractivity contribution in [3.8, 4) is 0 Å². The first-order chi connectivity index (χ1) is 6.55. The number of rotatable bonds is 1. The second kappa shape index (κ2) is 3.94. The molecule has 2 heteroatoms. The minimum atomic E-state index is 0.554. The zero-order chi connectivity index (χ0) is 10.2. The highest BCUT2D eigenvalue weighted by Crippen LogP contribution is 2.46. The lowest BCUT2D eigenvalue weighted by Gasteiger charge is -2.35. The summed E-state index contributed by atoms with van der Waals surface area (Å²) >= 11 is 0. The van der Waals surface area contributed by atoms with Crippen LogP contribution < -0.4 is 0 Å². The van der Waals surface area contributed by atoms with Gasteiger partial charge in [0, 0.05) is 0 Å². The monoisotopic (exact) mass is 190 g/mol. The van der Waals surface area contributed by atoms with E-state index in [0.29, 0.717) is 5.21 Å². The zero-order valence-corrected chi connectivity index (χ0v) is 10.2. The van der Waals surface area contributed by atoms with Crippen molar-refractivity contribution in [2.75, 3.05) is 0 Å². The highest BCUT2D eigenvalue weighted by Gasteiger charge is 2.34. The predicted octanol–water partition coefficient (Wildman–Crippen LogP) is 2.00. The van der Waals surface area contributed by atoms with Gasteiger partial charge in [0.25, 0.3) is 0 Å². The van der Waals surface area contributed by atoms with E-state index in [2.05, 4.69) is 22.6 Å². The molecule has 0 aromatic rings. The average molecular weight is 190 g/mol. The lowest BCUT2D eigenvalue weighted by atomic mass is 9.47. The Kier molecular flexibility index (Phi) is 3.00. The van der Waals surface area contributed by atoms with E-state index >= 15 is 0 Å². The molecule has 2 aliphatic rings. The van der Waals surface area contributed by atoms with Crippen LogP contribution in [-0.2, 0) is 0 Å². The van der Waals surface area contributed by atoms with E-state index in [0.717, 1.165) is 17.8 Å². The Labute approximate surface area is 91.0 Å². The molecule has 2 saturated carbocycles. The zero-order valence-electron chi connectivity index (χ0n) is 10.2. The van der Waals surface area contributed by atoms with Crippen molar-refractivity contribution in [3.05, 3.63) is 0 Å². The molecule has 2 bridgehead atoms. The van der Waals surface area contributed by atoms with Gasteiger partial charge in [-0.25, -0.2) is 0 Å². The molecule has 0 radical (unpaired) electrons. The van der Waals surface area contributed by atoms with Gasteiger partial charge in [0.1, 0.15) is 0 Å². The summed E-state index contributed by atoms with van der Waals surface area (Å²) in [5.41, 5.74) is 0. The molecule has 2 fully saturated rings. The van der Waals surface area contributed by atoms with Crippen LogP contribution in [-0.4, -0.2) is 15.7 Å². The minimum absolute atomic E-state index is 0.554. The Morgan fingerprint density at radius 3 is 1.86 bits per heavy atom. The second-order valence-corrected chi connectivity index (χ2v) is 6.77. The van der Waals surface area contributed by atoms with Gasteiger partial charge >= 0.3 is 0 Å². The van der Waals surface area contributed by atoms with Gasteiger partial charge in [0.15, 0.2) is 0 Å². The van der Waals surface area contributed by atoms with Crippen LogP contribution >= 0.6 is 0 Å². The molecule has 78 valence electrons. The van der Waals surface area contributed by atoms with E-state index < -0.39 is 0 Å². The standard InChI is InChI=1S/C12H24B2/c1-12(13,14)11-7-9-3-2-4-10(8-11)6-5-9/h9-11H,2-8,13-14H2,1H3. The lowest BCUT2D eigenvalue weighted by Crippen LogP contribution is -2.25. The van der Waals surface area contributed by atoms with Crippen LogP contribution in [0, 0.1) is 17.8 Å². The first-order valence-corrected chi connectivity index (χ1v) is 6.55. The normalized spacial score (nSPS) is 39.1. The summed E-state index contributed by atoms with van der Waals surface area (Å²) in [6.07, 6.45) is 10.7. The quantitative estimate of drug-likeness (QED) is 0.554. The van der Waals surface area contributed by atoms with Gasteiger partial charge in [-0.2, -0.15) is 0 Å². The molecular formula is C12H24B2. The molecule has 14 heavy (non-hydrogen) atoms. The van der Waals surface area contributed by atoms with Gasteiger partial charge in [0.05, 0.1) is 15.7 Å². The third kappa shape index (κ3) is 2.38. The van der Waals surface area contributed by atoms with Gasteiger partial charge < -0.3 is 0 Å². The summed E-state index contributed by atoms with van der Waals surface area (Å²) in [5, 5.41) is 0.554. The summed E-state index contributed by atoms with van der Waals surface area (Å²) in [5.74, 6) is 3.15.